The van der Waals surface area contributed by atoms with E-state index in [2.05, 4.69) is 22.9 Å². The molecule has 0 aliphatic carbocycles. The van der Waals surface area contributed by atoms with Crippen LogP contribution in [0.4, 0.5) is 8.78 Å². The highest BCUT2D eigenvalue weighted by molar-refractivity contribution is 5.27. The number of hydrogen-bond acceptors (Lipinski definition) is 2. The van der Waals surface area contributed by atoms with Gasteiger partial charge in [0.15, 0.2) is 0 Å². The average Bonchev–Trinajstić information content (AvgIpc) is 2.43. The summed E-state index contributed by atoms with van der Waals surface area (Å²) in [5.41, 5.74) is 1.09. The van der Waals surface area contributed by atoms with Crippen molar-refractivity contribution in [2.24, 2.45) is 0 Å². The van der Waals surface area contributed by atoms with Gasteiger partial charge >= 0.3 is 6.61 Å². The largest absolute Gasteiger partial charge is 0.435 e. The lowest BCUT2D eigenvalue weighted by Crippen LogP contribution is -2.35. The Morgan fingerprint density at radius 2 is 1.95 bits per heavy atom. The van der Waals surface area contributed by atoms with Crippen molar-refractivity contribution in [3.05, 3.63) is 29.8 Å². The van der Waals surface area contributed by atoms with Crippen LogP contribution in [-0.2, 0) is 6.42 Å². The van der Waals surface area contributed by atoms with Gasteiger partial charge in [-0.2, -0.15) is 8.78 Å². The highest BCUT2D eigenvalue weighted by Crippen LogP contribution is 2.16. The average molecular weight is 281 g/mol. The van der Waals surface area contributed by atoms with Crippen LogP contribution in [0.3, 0.4) is 0 Å². The molecule has 0 radical (unpaired) electrons. The summed E-state index contributed by atoms with van der Waals surface area (Å²) in [4.78, 5) is 0. The van der Waals surface area contributed by atoms with Crippen molar-refractivity contribution in [2.75, 3.05) is 0 Å². The molecular weight excluding hydrogens is 260 g/mol. The molecule has 1 N–H and O–H groups in total. The molecule has 1 rings (SSSR count). The third-order valence-electron chi connectivity index (χ3n) is 3.11. The van der Waals surface area contributed by atoms with E-state index in [-0.39, 0.29) is 11.8 Å². The fraction of sp³-hybridized carbons (Fsp3) is 0.500. The van der Waals surface area contributed by atoms with Crippen LogP contribution in [0.2, 0.25) is 0 Å². The summed E-state index contributed by atoms with van der Waals surface area (Å²) in [6.07, 6.45) is 8.11. The van der Waals surface area contributed by atoms with E-state index < -0.39 is 6.61 Å². The first-order chi connectivity index (χ1) is 9.55. The van der Waals surface area contributed by atoms with Crippen LogP contribution >= 0.6 is 0 Å². The highest BCUT2D eigenvalue weighted by Gasteiger charge is 2.08. The van der Waals surface area contributed by atoms with E-state index in [1.54, 1.807) is 12.1 Å². The van der Waals surface area contributed by atoms with Crippen LogP contribution in [0.25, 0.3) is 0 Å². The van der Waals surface area contributed by atoms with Gasteiger partial charge in [0, 0.05) is 6.04 Å². The van der Waals surface area contributed by atoms with Crippen molar-refractivity contribution in [1.29, 1.82) is 0 Å². The Bertz CT molecular complexity index is 425. The minimum atomic E-state index is -2.78. The third-order valence-corrected chi connectivity index (χ3v) is 3.11. The molecule has 2 unspecified atom stereocenters. The second-order valence-corrected chi connectivity index (χ2v) is 4.76. The Morgan fingerprint density at radius 3 is 2.45 bits per heavy atom. The maximum Gasteiger partial charge on any atom is 0.387 e. The summed E-state index contributed by atoms with van der Waals surface area (Å²) >= 11 is 0. The summed E-state index contributed by atoms with van der Waals surface area (Å²) < 4.78 is 28.3. The van der Waals surface area contributed by atoms with Crippen molar-refractivity contribution in [3.63, 3.8) is 0 Å². The van der Waals surface area contributed by atoms with Crippen LogP contribution in [-0.4, -0.2) is 18.7 Å². The number of benzene rings is 1. The van der Waals surface area contributed by atoms with Gasteiger partial charge < -0.3 is 10.1 Å². The number of nitrogens with one attached hydrogen (secondary N) is 1. The first kappa shape index (κ1) is 16.5. The summed E-state index contributed by atoms with van der Waals surface area (Å²) in [6.45, 7) is 1.36. The molecule has 0 amide bonds. The van der Waals surface area contributed by atoms with E-state index in [0.29, 0.717) is 6.04 Å². The standard InChI is InChI=1S/C16H21F2NO/c1-4-14(5-2)19-12(3)6-7-13-8-10-15(11-9-13)20-16(17)18/h1,8-12,14,16,19H,5-7H2,2-3H3. The molecule has 2 atom stereocenters. The van der Waals surface area contributed by atoms with E-state index >= 15 is 0 Å². The molecule has 20 heavy (non-hydrogen) atoms. The Hall–Kier alpha value is -1.60. The monoisotopic (exact) mass is 281 g/mol. The summed E-state index contributed by atoms with van der Waals surface area (Å²) in [7, 11) is 0. The summed E-state index contributed by atoms with van der Waals surface area (Å²) in [6, 6.07) is 7.16. The van der Waals surface area contributed by atoms with E-state index in [4.69, 9.17) is 6.42 Å². The number of terminal acetylenes is 1. The Morgan fingerprint density at radius 1 is 1.30 bits per heavy atom. The van der Waals surface area contributed by atoms with E-state index in [1.165, 1.54) is 0 Å². The van der Waals surface area contributed by atoms with Gasteiger partial charge in [-0.3, -0.25) is 0 Å². The SMILES string of the molecule is C#CC(CC)NC(C)CCc1ccc(OC(F)F)cc1. The number of hydrogen-bond donors (Lipinski definition) is 1. The minimum Gasteiger partial charge on any atom is -0.435 e. The fourth-order valence-electron chi connectivity index (χ4n) is 1.93. The predicted molar refractivity (Wildman–Crippen MR) is 76.9 cm³/mol. The van der Waals surface area contributed by atoms with Gasteiger partial charge in [0.2, 0.25) is 0 Å². The van der Waals surface area contributed by atoms with Crippen molar-refractivity contribution >= 4 is 0 Å². The third kappa shape index (κ3) is 6.03. The molecule has 0 aliphatic rings. The lowest BCUT2D eigenvalue weighted by molar-refractivity contribution is -0.0498. The normalized spacial score (nSPS) is 13.8. The van der Waals surface area contributed by atoms with E-state index in [1.807, 2.05) is 19.1 Å². The van der Waals surface area contributed by atoms with Crippen LogP contribution in [0.15, 0.2) is 24.3 Å². The molecule has 4 heteroatoms. The number of alkyl halides is 2. The maximum absolute atomic E-state index is 12.0. The highest BCUT2D eigenvalue weighted by atomic mass is 19.3. The zero-order valence-corrected chi connectivity index (χ0v) is 11.9. The van der Waals surface area contributed by atoms with Gasteiger partial charge in [0.25, 0.3) is 0 Å². The molecule has 0 bridgehead atoms. The molecule has 0 heterocycles. The molecule has 0 saturated carbocycles. The number of ether oxygens (including phenoxy) is 1. The van der Waals surface area contributed by atoms with Crippen molar-refractivity contribution in [3.8, 4) is 18.1 Å². The Balaban J connectivity index is 2.40. The first-order valence-corrected chi connectivity index (χ1v) is 6.81. The van der Waals surface area contributed by atoms with Crippen LogP contribution in [0, 0.1) is 12.3 Å². The number of rotatable bonds is 8. The molecule has 0 spiro atoms. The number of halogens is 2. The summed E-state index contributed by atoms with van der Waals surface area (Å²) in [5.74, 6) is 2.90. The second-order valence-electron chi connectivity index (χ2n) is 4.76. The second kappa shape index (κ2) is 8.55. The van der Waals surface area contributed by atoms with Crippen LogP contribution in [0.1, 0.15) is 32.3 Å². The fourth-order valence-corrected chi connectivity index (χ4v) is 1.93. The Labute approximate surface area is 119 Å². The van der Waals surface area contributed by atoms with Crippen LogP contribution < -0.4 is 10.1 Å². The quantitative estimate of drug-likeness (QED) is 0.735. The van der Waals surface area contributed by atoms with Crippen molar-refractivity contribution in [1.82, 2.24) is 5.32 Å². The lowest BCUT2D eigenvalue weighted by atomic mass is 10.0. The molecule has 0 aliphatic heterocycles. The zero-order valence-electron chi connectivity index (χ0n) is 11.9. The summed E-state index contributed by atoms with van der Waals surface area (Å²) in [5, 5.41) is 3.36. The first-order valence-electron chi connectivity index (χ1n) is 6.81. The topological polar surface area (TPSA) is 21.3 Å². The van der Waals surface area contributed by atoms with E-state index in [0.717, 1.165) is 24.8 Å². The number of aryl methyl sites for hydroxylation is 1. The molecule has 0 saturated heterocycles. The molecular formula is C16H21F2NO. The van der Waals surface area contributed by atoms with E-state index in [9.17, 15) is 8.78 Å². The van der Waals surface area contributed by atoms with Gasteiger partial charge in [-0.15, -0.1) is 6.42 Å². The van der Waals surface area contributed by atoms with Gasteiger partial charge in [0.05, 0.1) is 6.04 Å². The smallest absolute Gasteiger partial charge is 0.387 e. The van der Waals surface area contributed by atoms with Crippen LogP contribution in [0.5, 0.6) is 5.75 Å². The molecule has 0 fully saturated rings. The van der Waals surface area contributed by atoms with Gasteiger partial charge in [-0.25, -0.2) is 0 Å². The van der Waals surface area contributed by atoms with Crippen molar-refractivity contribution < 1.29 is 13.5 Å². The molecule has 0 aromatic heterocycles. The van der Waals surface area contributed by atoms with Gasteiger partial charge in [-0.05, 0) is 43.9 Å². The van der Waals surface area contributed by atoms with Gasteiger partial charge in [0.1, 0.15) is 5.75 Å². The maximum atomic E-state index is 12.0. The molecule has 110 valence electrons. The minimum absolute atomic E-state index is 0.104. The lowest BCUT2D eigenvalue weighted by Gasteiger charge is -2.18. The predicted octanol–water partition coefficient (Wildman–Crippen LogP) is 3.61. The Kier molecular flexibility index (Phi) is 7.03. The molecule has 1 aromatic carbocycles. The van der Waals surface area contributed by atoms with Gasteiger partial charge in [-0.1, -0.05) is 25.0 Å². The zero-order chi connectivity index (χ0) is 15.0. The van der Waals surface area contributed by atoms with Crippen molar-refractivity contribution in [2.45, 2.75) is 51.8 Å². The molecule has 2 nitrogen and oxygen atoms in total. The molecule has 1 aromatic rings.